The van der Waals surface area contributed by atoms with E-state index in [2.05, 4.69) is 15.9 Å². The number of fused-ring (bicyclic) bond motifs is 1. The molecule has 0 bridgehead atoms. The zero-order valence-electron chi connectivity index (χ0n) is 13.0. The van der Waals surface area contributed by atoms with Crippen LogP contribution in [0.5, 0.6) is 0 Å². The van der Waals surface area contributed by atoms with Gasteiger partial charge in [0.15, 0.2) is 0 Å². The number of alkyl halides is 3. The van der Waals surface area contributed by atoms with Crippen molar-refractivity contribution < 1.29 is 21.6 Å². The molecular formula is C16H10BrF3INO2SSe. The van der Waals surface area contributed by atoms with E-state index in [0.29, 0.717) is 9.86 Å². The third-order valence-corrected chi connectivity index (χ3v) is 9.74. The minimum absolute atomic E-state index is 0.0174. The van der Waals surface area contributed by atoms with Gasteiger partial charge in [-0.1, -0.05) is 0 Å². The van der Waals surface area contributed by atoms with Crippen LogP contribution in [0.4, 0.5) is 13.2 Å². The van der Waals surface area contributed by atoms with Crippen LogP contribution in [-0.2, 0) is 10.0 Å². The first-order chi connectivity index (χ1) is 12.0. The molecule has 0 spiro atoms. The van der Waals surface area contributed by atoms with Gasteiger partial charge in [0.1, 0.15) is 0 Å². The summed E-state index contributed by atoms with van der Waals surface area (Å²) in [5.74, 6) is 0. The van der Waals surface area contributed by atoms with E-state index in [1.165, 1.54) is 24.3 Å². The molecule has 1 aromatic heterocycles. The van der Waals surface area contributed by atoms with Gasteiger partial charge in [0.25, 0.3) is 0 Å². The molecule has 10 heteroatoms. The number of halogens is 5. The molecule has 0 N–H and O–H groups in total. The summed E-state index contributed by atoms with van der Waals surface area (Å²) in [4.78, 5) is 0.0314. The van der Waals surface area contributed by atoms with Gasteiger partial charge in [0, 0.05) is 0 Å². The molecule has 0 fully saturated rings. The quantitative estimate of drug-likeness (QED) is 0.321. The summed E-state index contributed by atoms with van der Waals surface area (Å²) in [5, 5.41) is -4.09. The van der Waals surface area contributed by atoms with Crippen LogP contribution in [-0.4, -0.2) is 32.4 Å². The Morgan fingerprint density at radius 2 is 1.73 bits per heavy atom. The van der Waals surface area contributed by atoms with Crippen molar-refractivity contribution in [2.75, 3.05) is 0 Å². The summed E-state index contributed by atoms with van der Waals surface area (Å²) in [6.07, 6.45) is 0. The van der Waals surface area contributed by atoms with Crippen molar-refractivity contribution in [1.29, 1.82) is 0 Å². The van der Waals surface area contributed by atoms with Gasteiger partial charge in [-0.3, -0.25) is 0 Å². The fourth-order valence-electron chi connectivity index (χ4n) is 2.44. The second kappa shape index (κ2) is 7.12. The Bertz CT molecular complexity index is 1100. The van der Waals surface area contributed by atoms with Crippen LogP contribution in [0, 0.1) is 10.6 Å². The molecule has 0 saturated heterocycles. The molecule has 0 aliphatic carbocycles. The van der Waals surface area contributed by atoms with E-state index in [1.54, 1.807) is 40.8 Å². The van der Waals surface area contributed by atoms with Gasteiger partial charge in [-0.15, -0.1) is 0 Å². The van der Waals surface area contributed by atoms with Crippen LogP contribution in [0.1, 0.15) is 5.56 Å². The fraction of sp³-hybridized carbons (Fsp3) is 0.125. The Kier molecular flexibility index (Phi) is 5.53. The van der Waals surface area contributed by atoms with Crippen molar-refractivity contribution in [2.45, 2.75) is 16.9 Å². The standard InChI is InChI=1S/C16H10BrF3INO2SSe/c1-9-2-5-11(6-3-9)25(23,24)22-13-8-10(17)4-7-12(13)14(15(22)21)26-16(18,19)20/h2-8H,1H3. The number of benzene rings is 2. The molecule has 0 atom stereocenters. The summed E-state index contributed by atoms with van der Waals surface area (Å²) in [6, 6.07) is 10.9. The number of aryl methyl sites for hydroxylation is 1. The van der Waals surface area contributed by atoms with Gasteiger partial charge in [0.05, 0.1) is 0 Å². The zero-order chi connectivity index (χ0) is 19.3. The molecule has 0 unspecified atom stereocenters. The Labute approximate surface area is 176 Å². The van der Waals surface area contributed by atoms with E-state index in [1.807, 2.05) is 6.92 Å². The normalized spacial score (nSPS) is 12.7. The SMILES string of the molecule is Cc1ccc(S(=O)(=O)n2c(I)c([Se]C(F)(F)F)c3ccc(Br)cc32)cc1. The maximum atomic E-state index is 13.1. The first kappa shape index (κ1) is 20.2. The summed E-state index contributed by atoms with van der Waals surface area (Å²) in [6.45, 7) is 1.83. The van der Waals surface area contributed by atoms with Crippen LogP contribution in [0.2, 0.25) is 0 Å². The third kappa shape index (κ3) is 3.84. The summed E-state index contributed by atoms with van der Waals surface area (Å²) >= 11 is 3.10. The molecule has 138 valence electrons. The summed E-state index contributed by atoms with van der Waals surface area (Å²) < 4.78 is 67.1. The van der Waals surface area contributed by atoms with Gasteiger partial charge in [-0.25, -0.2) is 0 Å². The van der Waals surface area contributed by atoms with E-state index in [9.17, 15) is 21.6 Å². The van der Waals surface area contributed by atoms with Crippen LogP contribution in [0.25, 0.3) is 10.9 Å². The summed E-state index contributed by atoms with van der Waals surface area (Å²) in [5.41, 5.74) is 1.12. The number of aromatic nitrogens is 1. The van der Waals surface area contributed by atoms with Crippen LogP contribution >= 0.6 is 38.5 Å². The predicted molar refractivity (Wildman–Crippen MR) is 108 cm³/mol. The molecule has 0 radical (unpaired) electrons. The first-order valence-electron chi connectivity index (χ1n) is 7.08. The van der Waals surface area contributed by atoms with Crippen LogP contribution < -0.4 is 4.46 Å². The number of hydrogen-bond donors (Lipinski definition) is 0. The maximum absolute atomic E-state index is 13.1. The number of rotatable bonds is 3. The third-order valence-electron chi connectivity index (χ3n) is 3.57. The van der Waals surface area contributed by atoms with E-state index in [0.717, 1.165) is 9.54 Å². The topological polar surface area (TPSA) is 39.1 Å². The van der Waals surface area contributed by atoms with Crippen molar-refractivity contribution in [2.24, 2.45) is 0 Å². The van der Waals surface area contributed by atoms with Gasteiger partial charge in [-0.2, -0.15) is 0 Å². The zero-order valence-corrected chi connectivity index (χ0v) is 19.3. The predicted octanol–water partition coefficient (Wildman–Crippen LogP) is 4.40. The molecular weight excluding hydrogens is 613 g/mol. The molecule has 0 aliphatic rings. The van der Waals surface area contributed by atoms with Crippen molar-refractivity contribution in [3.8, 4) is 0 Å². The Morgan fingerprint density at radius 3 is 2.31 bits per heavy atom. The summed E-state index contributed by atoms with van der Waals surface area (Å²) in [7, 11) is -4.03. The van der Waals surface area contributed by atoms with Gasteiger partial charge >= 0.3 is 178 Å². The average Bonchev–Trinajstić information content (AvgIpc) is 2.78. The molecule has 26 heavy (non-hydrogen) atoms. The van der Waals surface area contributed by atoms with Crippen molar-refractivity contribution in [1.82, 2.24) is 3.97 Å². The number of nitrogens with zero attached hydrogens (tertiary/aromatic N) is 1. The van der Waals surface area contributed by atoms with E-state index < -0.39 is 30.1 Å². The van der Waals surface area contributed by atoms with E-state index >= 15 is 0 Å². The molecule has 3 aromatic rings. The molecule has 0 saturated carbocycles. The van der Waals surface area contributed by atoms with E-state index in [4.69, 9.17) is 0 Å². The molecule has 3 nitrogen and oxygen atoms in total. The second-order valence-corrected chi connectivity index (χ2v) is 11.4. The van der Waals surface area contributed by atoms with Crippen molar-refractivity contribution in [3.05, 3.63) is 56.2 Å². The number of hydrogen-bond acceptors (Lipinski definition) is 2. The fourth-order valence-corrected chi connectivity index (χ4v) is 7.67. The van der Waals surface area contributed by atoms with Crippen LogP contribution in [0.3, 0.4) is 0 Å². The Balaban J connectivity index is 2.33. The molecule has 3 rings (SSSR count). The molecule has 0 amide bonds. The first-order valence-corrected chi connectivity index (χ1v) is 12.1. The second-order valence-electron chi connectivity index (χ2n) is 5.41. The van der Waals surface area contributed by atoms with Gasteiger partial charge < -0.3 is 0 Å². The van der Waals surface area contributed by atoms with E-state index in [-0.39, 0.29) is 18.6 Å². The van der Waals surface area contributed by atoms with Gasteiger partial charge in [-0.05, 0) is 0 Å². The van der Waals surface area contributed by atoms with Gasteiger partial charge in [0.2, 0.25) is 0 Å². The molecule has 2 aromatic carbocycles. The molecule has 0 aliphatic heterocycles. The Morgan fingerprint density at radius 1 is 1.12 bits per heavy atom. The minimum atomic E-state index is -4.38. The average molecular weight is 623 g/mol. The van der Waals surface area contributed by atoms with Crippen molar-refractivity contribution >= 4 is 78.9 Å². The monoisotopic (exact) mass is 623 g/mol. The van der Waals surface area contributed by atoms with Crippen molar-refractivity contribution in [3.63, 3.8) is 0 Å². The Hall–Kier alpha value is -0.551. The van der Waals surface area contributed by atoms with Crippen LogP contribution in [0.15, 0.2) is 51.8 Å². The molecule has 1 heterocycles.